The number of nitrogens with one attached hydrogen (secondary N) is 1. The van der Waals surface area contributed by atoms with Crippen LogP contribution in [0, 0.1) is 0 Å². The van der Waals surface area contributed by atoms with Crippen molar-refractivity contribution in [2.75, 3.05) is 19.0 Å². The minimum absolute atomic E-state index is 0.0806. The van der Waals surface area contributed by atoms with Gasteiger partial charge < -0.3 is 14.5 Å². The highest BCUT2D eigenvalue weighted by molar-refractivity contribution is 7.99. The van der Waals surface area contributed by atoms with E-state index in [1.165, 1.54) is 11.8 Å². The Morgan fingerprint density at radius 1 is 1.45 bits per heavy atom. The number of aromatic nitrogens is 4. The molecule has 0 atom stereocenters. The highest BCUT2D eigenvalue weighted by atomic mass is 32.2. The number of amides is 1. The van der Waals surface area contributed by atoms with Gasteiger partial charge in [-0.15, -0.1) is 5.10 Å². The van der Waals surface area contributed by atoms with Crippen LogP contribution in [0.15, 0.2) is 28.0 Å². The van der Waals surface area contributed by atoms with E-state index in [4.69, 9.17) is 9.15 Å². The lowest BCUT2D eigenvalue weighted by atomic mass is 10.1. The first-order valence-corrected chi connectivity index (χ1v) is 8.09. The summed E-state index contributed by atoms with van der Waals surface area (Å²) >= 11 is 1.34. The third-order valence-corrected chi connectivity index (χ3v) is 4.30. The predicted octanol–water partition coefficient (Wildman–Crippen LogP) is 1.03. The zero-order chi connectivity index (χ0) is 15.2. The summed E-state index contributed by atoms with van der Waals surface area (Å²) in [5.74, 6) is 0.915. The SMILES string of the molecule is O=C(CSc1nnnn1C1CCOCC1)NCc1ccco1. The van der Waals surface area contributed by atoms with Crippen LogP contribution < -0.4 is 5.32 Å². The molecule has 0 spiro atoms. The lowest BCUT2D eigenvalue weighted by Gasteiger charge is -2.22. The van der Waals surface area contributed by atoms with Gasteiger partial charge in [0.25, 0.3) is 0 Å². The summed E-state index contributed by atoms with van der Waals surface area (Å²) in [5.41, 5.74) is 0. The Labute approximate surface area is 131 Å². The summed E-state index contributed by atoms with van der Waals surface area (Å²) in [6.07, 6.45) is 3.37. The molecule has 2 aromatic heterocycles. The van der Waals surface area contributed by atoms with Crippen LogP contribution in [0.4, 0.5) is 0 Å². The van der Waals surface area contributed by atoms with Crippen molar-refractivity contribution in [3.63, 3.8) is 0 Å². The number of furan rings is 1. The van der Waals surface area contributed by atoms with Gasteiger partial charge in [-0.1, -0.05) is 11.8 Å². The zero-order valence-corrected chi connectivity index (χ0v) is 12.8. The smallest absolute Gasteiger partial charge is 0.230 e. The minimum atomic E-state index is -0.0806. The second-order valence-corrected chi connectivity index (χ2v) is 5.84. The maximum absolute atomic E-state index is 11.8. The molecule has 1 fully saturated rings. The molecular weight excluding hydrogens is 306 g/mol. The Morgan fingerprint density at radius 3 is 3.09 bits per heavy atom. The maximum Gasteiger partial charge on any atom is 0.230 e. The number of nitrogens with zero attached hydrogens (tertiary/aromatic N) is 4. The summed E-state index contributed by atoms with van der Waals surface area (Å²) in [7, 11) is 0. The molecule has 3 heterocycles. The summed E-state index contributed by atoms with van der Waals surface area (Å²) in [5, 5.41) is 15.2. The van der Waals surface area contributed by atoms with E-state index in [2.05, 4.69) is 20.8 Å². The van der Waals surface area contributed by atoms with E-state index in [1.807, 2.05) is 6.07 Å². The maximum atomic E-state index is 11.8. The van der Waals surface area contributed by atoms with E-state index in [0.717, 1.165) is 31.8 Å². The van der Waals surface area contributed by atoms with Crippen molar-refractivity contribution in [1.82, 2.24) is 25.5 Å². The lowest BCUT2D eigenvalue weighted by molar-refractivity contribution is -0.118. The number of tetrazole rings is 1. The molecule has 1 N–H and O–H groups in total. The molecule has 3 rings (SSSR count). The Hall–Kier alpha value is -1.87. The molecular formula is C13H17N5O3S. The van der Waals surface area contributed by atoms with E-state index in [0.29, 0.717) is 11.7 Å². The van der Waals surface area contributed by atoms with Crippen molar-refractivity contribution in [2.45, 2.75) is 30.6 Å². The fraction of sp³-hybridized carbons (Fsp3) is 0.538. The second-order valence-electron chi connectivity index (χ2n) is 4.89. The summed E-state index contributed by atoms with van der Waals surface area (Å²) < 4.78 is 12.3. The molecule has 2 aromatic rings. The van der Waals surface area contributed by atoms with E-state index in [-0.39, 0.29) is 17.7 Å². The molecule has 118 valence electrons. The molecule has 0 radical (unpaired) electrons. The molecule has 1 saturated heterocycles. The Balaban J connectivity index is 1.48. The first-order valence-electron chi connectivity index (χ1n) is 7.10. The van der Waals surface area contributed by atoms with E-state index >= 15 is 0 Å². The molecule has 0 bridgehead atoms. The van der Waals surface area contributed by atoms with E-state index in [1.54, 1.807) is 17.0 Å². The van der Waals surface area contributed by atoms with Crippen molar-refractivity contribution in [1.29, 1.82) is 0 Å². The van der Waals surface area contributed by atoms with Gasteiger partial charge in [0.1, 0.15) is 5.76 Å². The van der Waals surface area contributed by atoms with Gasteiger partial charge in [0, 0.05) is 13.2 Å². The van der Waals surface area contributed by atoms with Crippen LogP contribution in [0.3, 0.4) is 0 Å². The van der Waals surface area contributed by atoms with Gasteiger partial charge in [0.05, 0.1) is 24.6 Å². The molecule has 0 unspecified atom stereocenters. The topological polar surface area (TPSA) is 95.1 Å². The third-order valence-electron chi connectivity index (χ3n) is 3.37. The Morgan fingerprint density at radius 2 is 2.32 bits per heavy atom. The molecule has 22 heavy (non-hydrogen) atoms. The first kappa shape index (κ1) is 15.0. The molecule has 0 saturated carbocycles. The van der Waals surface area contributed by atoms with Crippen LogP contribution in [0.2, 0.25) is 0 Å². The van der Waals surface area contributed by atoms with Gasteiger partial charge >= 0.3 is 0 Å². The summed E-state index contributed by atoms with van der Waals surface area (Å²) in [6, 6.07) is 3.86. The average molecular weight is 323 g/mol. The zero-order valence-electron chi connectivity index (χ0n) is 12.0. The molecule has 0 aromatic carbocycles. The number of rotatable bonds is 6. The molecule has 9 heteroatoms. The number of ether oxygens (including phenoxy) is 1. The van der Waals surface area contributed by atoms with Gasteiger partial charge in [0.2, 0.25) is 11.1 Å². The van der Waals surface area contributed by atoms with Crippen LogP contribution >= 0.6 is 11.8 Å². The summed E-state index contributed by atoms with van der Waals surface area (Å²) in [6.45, 7) is 1.83. The molecule has 1 aliphatic heterocycles. The highest BCUT2D eigenvalue weighted by Crippen LogP contribution is 2.24. The monoisotopic (exact) mass is 323 g/mol. The van der Waals surface area contributed by atoms with Gasteiger partial charge in [-0.25, -0.2) is 4.68 Å². The van der Waals surface area contributed by atoms with Crippen LogP contribution in [0.5, 0.6) is 0 Å². The fourth-order valence-electron chi connectivity index (χ4n) is 2.22. The highest BCUT2D eigenvalue weighted by Gasteiger charge is 2.21. The fourth-order valence-corrected chi connectivity index (χ4v) is 2.99. The van der Waals surface area contributed by atoms with Crippen molar-refractivity contribution >= 4 is 17.7 Å². The lowest BCUT2D eigenvalue weighted by Crippen LogP contribution is -2.25. The van der Waals surface area contributed by atoms with Crippen LogP contribution in [0.1, 0.15) is 24.6 Å². The van der Waals surface area contributed by atoms with Crippen molar-refractivity contribution in [3.05, 3.63) is 24.2 Å². The predicted molar refractivity (Wildman–Crippen MR) is 78.2 cm³/mol. The average Bonchev–Trinajstić information content (AvgIpc) is 3.23. The van der Waals surface area contributed by atoms with Gasteiger partial charge in [-0.05, 0) is 35.4 Å². The van der Waals surface area contributed by atoms with Crippen molar-refractivity contribution in [2.24, 2.45) is 0 Å². The largest absolute Gasteiger partial charge is 0.467 e. The normalized spacial score (nSPS) is 15.8. The standard InChI is InChI=1S/C13H17N5O3S/c19-12(14-8-11-2-1-5-21-11)9-22-13-15-16-17-18(13)10-3-6-20-7-4-10/h1-2,5,10H,3-4,6-9H2,(H,14,19). The third kappa shape index (κ3) is 3.86. The number of hydrogen-bond acceptors (Lipinski definition) is 7. The van der Waals surface area contributed by atoms with Crippen molar-refractivity contribution in [3.8, 4) is 0 Å². The van der Waals surface area contributed by atoms with E-state index in [9.17, 15) is 4.79 Å². The molecule has 1 amide bonds. The molecule has 8 nitrogen and oxygen atoms in total. The molecule has 1 aliphatic rings. The Kier molecular flexibility index (Phi) is 5.07. The van der Waals surface area contributed by atoms with Gasteiger partial charge in [-0.2, -0.15) is 0 Å². The minimum Gasteiger partial charge on any atom is -0.467 e. The second kappa shape index (κ2) is 7.41. The van der Waals surface area contributed by atoms with Crippen molar-refractivity contribution < 1.29 is 13.9 Å². The number of carbonyl (C=O) groups excluding carboxylic acids is 1. The van der Waals surface area contributed by atoms with E-state index < -0.39 is 0 Å². The van der Waals surface area contributed by atoms with Crippen LogP contribution in [-0.2, 0) is 16.1 Å². The van der Waals surface area contributed by atoms with Gasteiger partial charge in [0.15, 0.2) is 0 Å². The number of hydrogen-bond donors (Lipinski definition) is 1. The first-order chi connectivity index (χ1) is 10.8. The number of thioether (sulfide) groups is 1. The molecule has 0 aliphatic carbocycles. The van der Waals surface area contributed by atoms with Gasteiger partial charge in [-0.3, -0.25) is 4.79 Å². The van der Waals surface area contributed by atoms with Crippen LogP contribution in [0.25, 0.3) is 0 Å². The quantitative estimate of drug-likeness (QED) is 0.793. The Bertz CT molecular complexity index is 595. The van der Waals surface area contributed by atoms with Crippen LogP contribution in [-0.4, -0.2) is 45.1 Å². The number of carbonyl (C=O) groups is 1. The summed E-state index contributed by atoms with van der Waals surface area (Å²) in [4.78, 5) is 11.8.